The van der Waals surface area contributed by atoms with Crippen molar-refractivity contribution in [2.45, 2.75) is 0 Å². The van der Waals surface area contributed by atoms with E-state index in [1.807, 2.05) is 0 Å². The maximum atomic E-state index is 11.2. The molecule has 8 nitrogen and oxygen atoms in total. The molecular weight excluding hydrogens is 218 g/mol. The first-order chi connectivity index (χ1) is 7.49. The summed E-state index contributed by atoms with van der Waals surface area (Å²) in [6, 6.07) is 3.34. The number of nitro groups is 1. The van der Waals surface area contributed by atoms with E-state index in [0.717, 1.165) is 12.1 Å². The van der Waals surface area contributed by atoms with E-state index in [-0.39, 0.29) is 5.56 Å². The first-order valence-corrected chi connectivity index (χ1v) is 4.00. The second-order valence-corrected chi connectivity index (χ2v) is 2.74. The van der Waals surface area contributed by atoms with Crippen LogP contribution in [0.1, 0.15) is 20.7 Å². The van der Waals surface area contributed by atoms with Crippen molar-refractivity contribution in [3.63, 3.8) is 0 Å². The van der Waals surface area contributed by atoms with Crippen molar-refractivity contribution in [1.29, 1.82) is 0 Å². The predicted octanol–water partition coefficient (Wildman–Crippen LogP) is -0.104. The van der Waals surface area contributed by atoms with Gasteiger partial charge in [-0.2, -0.15) is 0 Å². The molecule has 0 unspecified atom stereocenters. The van der Waals surface area contributed by atoms with Crippen LogP contribution in [0, 0.1) is 10.1 Å². The highest BCUT2D eigenvalue weighted by Crippen LogP contribution is 2.22. The number of rotatable bonds is 3. The highest BCUT2D eigenvalue weighted by atomic mass is 16.6. The molecule has 0 aliphatic heterocycles. The van der Waals surface area contributed by atoms with Gasteiger partial charge in [-0.05, 0) is 6.07 Å². The molecule has 0 heterocycles. The minimum atomic E-state index is -1.56. The lowest BCUT2D eigenvalue weighted by Gasteiger charge is -2.04. The number of hydrazine groups is 1. The minimum Gasteiger partial charge on any atom is -0.477 e. The van der Waals surface area contributed by atoms with Crippen LogP contribution in [0.15, 0.2) is 18.2 Å². The normalized spacial score (nSPS) is 9.56. The van der Waals surface area contributed by atoms with E-state index in [9.17, 15) is 19.7 Å². The van der Waals surface area contributed by atoms with Crippen LogP contribution in [0.3, 0.4) is 0 Å². The molecule has 0 aliphatic carbocycles. The van der Waals surface area contributed by atoms with Crippen LogP contribution < -0.4 is 11.3 Å². The SMILES string of the molecule is NNC(=O)c1cccc([N+](=O)[O-])c1C(=O)O. The molecule has 0 saturated heterocycles. The third-order valence-corrected chi connectivity index (χ3v) is 1.83. The Morgan fingerprint density at radius 2 is 2.06 bits per heavy atom. The van der Waals surface area contributed by atoms with Gasteiger partial charge in [0.05, 0.1) is 10.5 Å². The van der Waals surface area contributed by atoms with E-state index >= 15 is 0 Å². The molecular formula is C8H7N3O5. The fraction of sp³-hybridized carbons (Fsp3) is 0. The van der Waals surface area contributed by atoms with E-state index in [4.69, 9.17) is 10.9 Å². The molecule has 1 aromatic rings. The number of benzene rings is 1. The van der Waals surface area contributed by atoms with Gasteiger partial charge in [-0.3, -0.25) is 20.3 Å². The average Bonchev–Trinajstić information content (AvgIpc) is 2.26. The van der Waals surface area contributed by atoms with Crippen molar-refractivity contribution in [2.75, 3.05) is 0 Å². The van der Waals surface area contributed by atoms with Gasteiger partial charge in [-0.15, -0.1) is 0 Å². The predicted molar refractivity (Wildman–Crippen MR) is 51.7 cm³/mol. The molecule has 0 radical (unpaired) electrons. The second kappa shape index (κ2) is 4.36. The fourth-order valence-electron chi connectivity index (χ4n) is 1.18. The van der Waals surface area contributed by atoms with Gasteiger partial charge in [0.1, 0.15) is 5.56 Å². The van der Waals surface area contributed by atoms with Crippen LogP contribution in [0.4, 0.5) is 5.69 Å². The van der Waals surface area contributed by atoms with Gasteiger partial charge >= 0.3 is 5.97 Å². The summed E-state index contributed by atoms with van der Waals surface area (Å²) in [7, 11) is 0. The zero-order chi connectivity index (χ0) is 12.3. The summed E-state index contributed by atoms with van der Waals surface area (Å²) in [6.07, 6.45) is 0. The van der Waals surface area contributed by atoms with Gasteiger partial charge in [-0.1, -0.05) is 6.07 Å². The Hall–Kier alpha value is -2.48. The molecule has 16 heavy (non-hydrogen) atoms. The number of hydrogen-bond acceptors (Lipinski definition) is 5. The Bertz CT molecular complexity index is 471. The van der Waals surface area contributed by atoms with E-state index in [1.165, 1.54) is 6.07 Å². The molecule has 0 aromatic heterocycles. The number of nitrogens with two attached hydrogens (primary N) is 1. The maximum Gasteiger partial charge on any atom is 0.343 e. The molecule has 0 aliphatic rings. The number of carbonyl (C=O) groups excluding carboxylic acids is 1. The van der Waals surface area contributed by atoms with Crippen molar-refractivity contribution in [2.24, 2.45) is 5.84 Å². The van der Waals surface area contributed by atoms with Gasteiger partial charge in [0.25, 0.3) is 11.6 Å². The van der Waals surface area contributed by atoms with Crippen LogP contribution in [0.25, 0.3) is 0 Å². The van der Waals surface area contributed by atoms with E-state index in [1.54, 1.807) is 5.43 Å². The monoisotopic (exact) mass is 225 g/mol. The van der Waals surface area contributed by atoms with Crippen LogP contribution >= 0.6 is 0 Å². The molecule has 0 saturated carbocycles. The summed E-state index contributed by atoms with van der Waals surface area (Å²) in [5.74, 6) is 2.37. The molecule has 0 bridgehead atoms. The topological polar surface area (TPSA) is 136 Å². The zero-order valence-corrected chi connectivity index (χ0v) is 7.84. The number of carbonyl (C=O) groups is 2. The Morgan fingerprint density at radius 1 is 1.44 bits per heavy atom. The third-order valence-electron chi connectivity index (χ3n) is 1.83. The van der Waals surface area contributed by atoms with Crippen molar-refractivity contribution in [1.82, 2.24) is 5.43 Å². The van der Waals surface area contributed by atoms with Crippen LogP contribution in [0.2, 0.25) is 0 Å². The number of carboxylic acids is 1. The molecule has 1 aromatic carbocycles. The first kappa shape index (κ1) is 11.6. The molecule has 84 valence electrons. The van der Waals surface area contributed by atoms with Crippen LogP contribution in [0.5, 0.6) is 0 Å². The lowest BCUT2D eigenvalue weighted by atomic mass is 10.1. The van der Waals surface area contributed by atoms with E-state index in [0.29, 0.717) is 0 Å². The molecule has 0 atom stereocenters. The number of nitrogen functional groups attached to an aromatic ring is 1. The number of nitrogens with zero attached hydrogens (tertiary/aromatic N) is 1. The summed E-state index contributed by atoms with van der Waals surface area (Å²) in [4.78, 5) is 31.7. The lowest BCUT2D eigenvalue weighted by Crippen LogP contribution is -2.31. The first-order valence-electron chi connectivity index (χ1n) is 4.00. The average molecular weight is 225 g/mol. The molecule has 4 N–H and O–H groups in total. The Morgan fingerprint density at radius 3 is 2.50 bits per heavy atom. The van der Waals surface area contributed by atoms with Crippen LogP contribution in [-0.2, 0) is 0 Å². The summed E-state index contributed by atoms with van der Waals surface area (Å²) in [5, 5.41) is 19.4. The van der Waals surface area contributed by atoms with Crippen molar-refractivity contribution < 1.29 is 19.6 Å². The van der Waals surface area contributed by atoms with Gasteiger partial charge in [0.15, 0.2) is 0 Å². The van der Waals surface area contributed by atoms with E-state index < -0.39 is 28.1 Å². The number of nitro benzene ring substituents is 1. The summed E-state index contributed by atoms with van der Waals surface area (Å²) in [5.41, 5.74) is 0.0171. The van der Waals surface area contributed by atoms with Crippen molar-refractivity contribution in [3.8, 4) is 0 Å². The standard InChI is InChI=1S/C8H7N3O5/c9-10-7(12)4-2-1-3-5(11(15)16)6(4)8(13)14/h1-3H,9H2,(H,10,12)(H,13,14). The molecule has 8 heteroatoms. The Labute approximate surface area is 88.8 Å². The molecule has 0 fully saturated rings. The zero-order valence-electron chi connectivity index (χ0n) is 7.84. The molecule has 1 amide bonds. The van der Waals surface area contributed by atoms with Crippen molar-refractivity contribution >= 4 is 17.6 Å². The number of aromatic carboxylic acids is 1. The Balaban J connectivity index is 3.51. The molecule has 0 spiro atoms. The minimum absolute atomic E-state index is 0.357. The number of hydrogen-bond donors (Lipinski definition) is 3. The summed E-state index contributed by atoms with van der Waals surface area (Å²) in [6.45, 7) is 0. The quantitative estimate of drug-likeness (QED) is 0.284. The van der Waals surface area contributed by atoms with Gasteiger partial charge in [-0.25, -0.2) is 10.6 Å². The summed E-state index contributed by atoms with van der Waals surface area (Å²) >= 11 is 0. The largest absolute Gasteiger partial charge is 0.477 e. The van der Waals surface area contributed by atoms with Gasteiger partial charge in [0.2, 0.25) is 0 Å². The number of carboxylic acid groups (broad SMARTS) is 1. The second-order valence-electron chi connectivity index (χ2n) is 2.74. The smallest absolute Gasteiger partial charge is 0.343 e. The van der Waals surface area contributed by atoms with E-state index in [2.05, 4.69) is 0 Å². The number of amides is 1. The maximum absolute atomic E-state index is 11.2. The third kappa shape index (κ3) is 1.96. The Kier molecular flexibility index (Phi) is 3.16. The van der Waals surface area contributed by atoms with Crippen molar-refractivity contribution in [3.05, 3.63) is 39.4 Å². The van der Waals surface area contributed by atoms with Gasteiger partial charge in [0, 0.05) is 6.07 Å². The lowest BCUT2D eigenvalue weighted by molar-refractivity contribution is -0.385. The van der Waals surface area contributed by atoms with Gasteiger partial charge < -0.3 is 5.11 Å². The fourth-order valence-corrected chi connectivity index (χ4v) is 1.18. The molecule has 1 rings (SSSR count). The summed E-state index contributed by atoms with van der Waals surface area (Å²) < 4.78 is 0. The highest BCUT2D eigenvalue weighted by molar-refractivity contribution is 6.07. The van der Waals surface area contributed by atoms with Crippen LogP contribution in [-0.4, -0.2) is 21.9 Å². The highest BCUT2D eigenvalue weighted by Gasteiger charge is 2.26. The number of nitrogens with one attached hydrogen (secondary N) is 1.